The maximum Gasteiger partial charge on any atom is 0.223 e. The minimum Gasteiger partial charge on any atom is -0.343 e. The van der Waals surface area contributed by atoms with Crippen LogP contribution in [0.25, 0.3) is 0 Å². The third-order valence-corrected chi connectivity index (χ3v) is 2.65. The van der Waals surface area contributed by atoms with Crippen LogP contribution in [-0.2, 0) is 4.79 Å². The molecule has 0 radical (unpaired) electrons. The van der Waals surface area contributed by atoms with Gasteiger partial charge in [0.25, 0.3) is 0 Å². The number of hydrogen-bond donors (Lipinski definition) is 0. The Morgan fingerprint density at radius 3 is 1.79 bits per heavy atom. The molecule has 0 N–H and O–H groups in total. The van der Waals surface area contributed by atoms with Crippen molar-refractivity contribution >= 4 is 5.91 Å². The van der Waals surface area contributed by atoms with Crippen LogP contribution in [0, 0.1) is 0 Å². The predicted molar refractivity (Wildman–Crippen MR) is 60.3 cm³/mol. The predicted octanol–water partition coefficient (Wildman–Crippen LogP) is 1.59. The Bertz CT molecular complexity index is 151. The lowest BCUT2D eigenvalue weighted by Gasteiger charge is -2.22. The molecule has 0 saturated heterocycles. The topological polar surface area (TPSA) is 23.6 Å². The molecule has 0 aromatic heterocycles. The molecule has 0 aliphatic heterocycles. The van der Waals surface area contributed by atoms with Crippen molar-refractivity contribution in [2.45, 2.75) is 34.1 Å². The van der Waals surface area contributed by atoms with E-state index in [2.05, 4.69) is 18.7 Å². The smallest absolute Gasteiger partial charge is 0.223 e. The van der Waals surface area contributed by atoms with Crippen LogP contribution in [0.3, 0.4) is 0 Å². The SMILES string of the molecule is CCN(CC)CCC(=O)N(CC)CC. The van der Waals surface area contributed by atoms with Crippen LogP contribution in [-0.4, -0.2) is 48.4 Å². The van der Waals surface area contributed by atoms with Gasteiger partial charge in [-0.05, 0) is 26.9 Å². The Kier molecular flexibility index (Phi) is 7.48. The second kappa shape index (κ2) is 7.80. The zero-order valence-corrected chi connectivity index (χ0v) is 10.0. The van der Waals surface area contributed by atoms with E-state index in [1.54, 1.807) is 0 Å². The second-order valence-electron chi connectivity index (χ2n) is 3.34. The molecular formula is C11H24N2O. The first-order valence-corrected chi connectivity index (χ1v) is 5.69. The van der Waals surface area contributed by atoms with Crippen molar-refractivity contribution in [3.05, 3.63) is 0 Å². The molecule has 0 heterocycles. The van der Waals surface area contributed by atoms with Crippen LogP contribution >= 0.6 is 0 Å². The Hall–Kier alpha value is -0.570. The lowest BCUT2D eigenvalue weighted by atomic mass is 10.3. The Balaban J connectivity index is 3.81. The summed E-state index contributed by atoms with van der Waals surface area (Å²) in [5.74, 6) is 0.280. The molecule has 0 fully saturated rings. The summed E-state index contributed by atoms with van der Waals surface area (Å²) in [6.07, 6.45) is 0.656. The molecule has 3 heteroatoms. The van der Waals surface area contributed by atoms with Crippen LogP contribution in [0.2, 0.25) is 0 Å². The number of hydrogen-bond acceptors (Lipinski definition) is 2. The van der Waals surface area contributed by atoms with E-state index in [9.17, 15) is 4.79 Å². The van der Waals surface area contributed by atoms with Gasteiger partial charge in [-0.15, -0.1) is 0 Å². The van der Waals surface area contributed by atoms with Crippen molar-refractivity contribution in [1.29, 1.82) is 0 Å². The Labute approximate surface area is 88.1 Å². The van der Waals surface area contributed by atoms with Gasteiger partial charge in [-0.25, -0.2) is 0 Å². The van der Waals surface area contributed by atoms with Crippen LogP contribution in [0.5, 0.6) is 0 Å². The van der Waals surface area contributed by atoms with Gasteiger partial charge in [0.1, 0.15) is 0 Å². The first kappa shape index (κ1) is 13.4. The average molecular weight is 200 g/mol. The number of amides is 1. The molecule has 0 atom stereocenters. The van der Waals surface area contributed by atoms with Gasteiger partial charge >= 0.3 is 0 Å². The Morgan fingerprint density at radius 2 is 1.43 bits per heavy atom. The highest BCUT2D eigenvalue weighted by Crippen LogP contribution is 1.97. The summed E-state index contributed by atoms with van der Waals surface area (Å²) < 4.78 is 0. The van der Waals surface area contributed by atoms with E-state index in [0.717, 1.165) is 32.7 Å². The molecule has 0 saturated carbocycles. The van der Waals surface area contributed by atoms with E-state index < -0.39 is 0 Å². The van der Waals surface area contributed by atoms with Gasteiger partial charge in [0.15, 0.2) is 0 Å². The first-order valence-electron chi connectivity index (χ1n) is 5.69. The van der Waals surface area contributed by atoms with Gasteiger partial charge in [-0.3, -0.25) is 4.79 Å². The van der Waals surface area contributed by atoms with E-state index in [1.165, 1.54) is 0 Å². The molecule has 84 valence electrons. The lowest BCUT2D eigenvalue weighted by Crippen LogP contribution is -2.34. The fraction of sp³-hybridized carbons (Fsp3) is 0.909. The zero-order chi connectivity index (χ0) is 11.0. The molecule has 0 aliphatic rings. The van der Waals surface area contributed by atoms with Crippen molar-refractivity contribution < 1.29 is 4.79 Å². The highest BCUT2D eigenvalue weighted by Gasteiger charge is 2.10. The highest BCUT2D eigenvalue weighted by atomic mass is 16.2. The zero-order valence-electron chi connectivity index (χ0n) is 10.0. The van der Waals surface area contributed by atoms with Crippen molar-refractivity contribution in [3.8, 4) is 0 Å². The van der Waals surface area contributed by atoms with Crippen molar-refractivity contribution in [1.82, 2.24) is 9.80 Å². The summed E-state index contributed by atoms with van der Waals surface area (Å²) in [7, 11) is 0. The lowest BCUT2D eigenvalue weighted by molar-refractivity contribution is -0.131. The van der Waals surface area contributed by atoms with Crippen molar-refractivity contribution in [2.75, 3.05) is 32.7 Å². The summed E-state index contributed by atoms with van der Waals surface area (Å²) in [6, 6.07) is 0. The van der Waals surface area contributed by atoms with Crippen LogP contribution in [0.1, 0.15) is 34.1 Å². The van der Waals surface area contributed by atoms with Gasteiger partial charge in [0.05, 0.1) is 0 Å². The van der Waals surface area contributed by atoms with Crippen LogP contribution in [0.4, 0.5) is 0 Å². The maximum atomic E-state index is 11.6. The summed E-state index contributed by atoms with van der Waals surface area (Å²) in [6.45, 7) is 12.9. The molecule has 14 heavy (non-hydrogen) atoms. The molecule has 0 aromatic rings. The van der Waals surface area contributed by atoms with Crippen molar-refractivity contribution in [3.63, 3.8) is 0 Å². The largest absolute Gasteiger partial charge is 0.343 e. The molecule has 0 unspecified atom stereocenters. The van der Waals surface area contributed by atoms with Gasteiger partial charge < -0.3 is 9.80 Å². The summed E-state index contributed by atoms with van der Waals surface area (Å²) in [5.41, 5.74) is 0. The van der Waals surface area contributed by atoms with Crippen LogP contribution < -0.4 is 0 Å². The Morgan fingerprint density at radius 1 is 0.929 bits per heavy atom. The monoisotopic (exact) mass is 200 g/mol. The van der Waals surface area contributed by atoms with Gasteiger partial charge in [0.2, 0.25) is 5.91 Å². The third kappa shape index (κ3) is 4.61. The van der Waals surface area contributed by atoms with Crippen LogP contribution in [0.15, 0.2) is 0 Å². The molecule has 0 aromatic carbocycles. The number of carbonyl (C=O) groups excluding carboxylic acids is 1. The standard InChI is InChI=1S/C11H24N2O/c1-5-12(6-2)10-9-11(14)13(7-3)8-4/h5-10H2,1-4H3. The normalized spacial score (nSPS) is 10.6. The van der Waals surface area contributed by atoms with E-state index in [-0.39, 0.29) is 5.91 Å². The molecule has 0 rings (SSSR count). The first-order chi connectivity index (χ1) is 6.69. The minimum atomic E-state index is 0.280. The number of carbonyl (C=O) groups is 1. The molecule has 0 bridgehead atoms. The summed E-state index contributed by atoms with van der Waals surface area (Å²) in [4.78, 5) is 15.8. The minimum absolute atomic E-state index is 0.280. The molecule has 0 aliphatic carbocycles. The third-order valence-electron chi connectivity index (χ3n) is 2.65. The summed E-state index contributed by atoms with van der Waals surface area (Å²) in [5, 5.41) is 0. The highest BCUT2D eigenvalue weighted by molar-refractivity contribution is 5.76. The van der Waals surface area contributed by atoms with Gasteiger partial charge in [-0.2, -0.15) is 0 Å². The maximum absolute atomic E-state index is 11.6. The van der Waals surface area contributed by atoms with E-state index in [4.69, 9.17) is 0 Å². The second-order valence-corrected chi connectivity index (χ2v) is 3.34. The molecule has 3 nitrogen and oxygen atoms in total. The number of nitrogens with zero attached hydrogens (tertiary/aromatic N) is 2. The average Bonchev–Trinajstić information content (AvgIpc) is 2.21. The summed E-state index contributed by atoms with van der Waals surface area (Å²) >= 11 is 0. The fourth-order valence-electron chi connectivity index (χ4n) is 1.53. The van der Waals surface area contributed by atoms with Gasteiger partial charge in [0, 0.05) is 26.1 Å². The van der Waals surface area contributed by atoms with Gasteiger partial charge in [-0.1, -0.05) is 13.8 Å². The number of rotatable bonds is 7. The molecular weight excluding hydrogens is 176 g/mol. The van der Waals surface area contributed by atoms with E-state index in [1.807, 2.05) is 18.7 Å². The van der Waals surface area contributed by atoms with Crippen molar-refractivity contribution in [2.24, 2.45) is 0 Å². The molecule has 0 spiro atoms. The molecule has 1 amide bonds. The van der Waals surface area contributed by atoms with E-state index >= 15 is 0 Å². The quantitative estimate of drug-likeness (QED) is 0.623. The fourth-order valence-corrected chi connectivity index (χ4v) is 1.53. The van der Waals surface area contributed by atoms with E-state index in [0.29, 0.717) is 6.42 Å².